The average molecular weight is 291 g/mol. The molecule has 0 saturated carbocycles. The van der Waals surface area contributed by atoms with Gasteiger partial charge in [-0.1, -0.05) is 12.1 Å². The third-order valence-corrected chi connectivity index (χ3v) is 3.18. The summed E-state index contributed by atoms with van der Waals surface area (Å²) in [5, 5.41) is 13.2. The number of nitrogens with zero attached hydrogens (tertiary/aromatic N) is 3. The Hall–Kier alpha value is -2.44. The first-order valence-electron chi connectivity index (χ1n) is 6.63. The number of urea groups is 1. The van der Waals surface area contributed by atoms with Gasteiger partial charge in [0, 0.05) is 7.05 Å². The molecule has 2 amide bonds. The van der Waals surface area contributed by atoms with Crippen LogP contribution in [-0.2, 0) is 7.05 Å². The highest BCUT2D eigenvalue weighted by molar-refractivity contribution is 5.74. The molecule has 0 saturated heterocycles. The molecule has 0 spiro atoms. The fraction of sp³-hybridized carbons (Fsp3) is 0.357. The Kier molecular flexibility index (Phi) is 4.52. The predicted octanol–water partition coefficient (Wildman–Crippen LogP) is 2.08. The molecular weight excluding hydrogens is 273 g/mol. The third-order valence-electron chi connectivity index (χ3n) is 3.18. The van der Waals surface area contributed by atoms with Crippen LogP contribution in [0.2, 0.25) is 0 Å². The lowest BCUT2D eigenvalue weighted by molar-refractivity contribution is 0.234. The fourth-order valence-corrected chi connectivity index (χ4v) is 2.04. The highest BCUT2D eigenvalue weighted by Gasteiger charge is 2.16. The van der Waals surface area contributed by atoms with Crippen LogP contribution in [0.5, 0.6) is 0 Å². The molecule has 112 valence electrons. The van der Waals surface area contributed by atoms with Gasteiger partial charge in [-0.3, -0.25) is 0 Å². The smallest absolute Gasteiger partial charge is 0.315 e. The first kappa shape index (κ1) is 15.0. The molecule has 1 heterocycles. The summed E-state index contributed by atoms with van der Waals surface area (Å²) in [6, 6.07) is 5.22. The summed E-state index contributed by atoms with van der Waals surface area (Å²) in [6.45, 7) is 3.61. The molecule has 0 radical (unpaired) electrons. The Labute approximate surface area is 122 Å². The largest absolute Gasteiger partial charge is 0.332 e. The molecule has 1 aromatic heterocycles. The van der Waals surface area contributed by atoms with Gasteiger partial charge < -0.3 is 15.2 Å². The maximum atomic E-state index is 13.2. The van der Waals surface area contributed by atoms with Crippen molar-refractivity contribution < 1.29 is 9.18 Å². The van der Waals surface area contributed by atoms with Crippen molar-refractivity contribution in [1.29, 1.82) is 0 Å². The van der Waals surface area contributed by atoms with Crippen molar-refractivity contribution in [2.75, 3.05) is 0 Å². The van der Waals surface area contributed by atoms with E-state index < -0.39 is 0 Å². The molecule has 2 unspecified atom stereocenters. The number of hydrogen-bond donors (Lipinski definition) is 2. The van der Waals surface area contributed by atoms with E-state index in [1.54, 1.807) is 37.0 Å². The van der Waals surface area contributed by atoms with E-state index in [1.165, 1.54) is 12.1 Å². The zero-order valence-corrected chi connectivity index (χ0v) is 12.2. The number of aryl methyl sites for hydroxylation is 1. The standard InChI is InChI=1S/C14H18FN5O/c1-9(11-5-4-6-12(15)7-11)17-14(21)18-10(2)13-19-16-8-20(13)3/h4-10H,1-3H3,(H2,17,18,21). The Balaban J connectivity index is 1.94. The highest BCUT2D eigenvalue weighted by atomic mass is 19.1. The van der Waals surface area contributed by atoms with Gasteiger partial charge >= 0.3 is 6.03 Å². The second kappa shape index (κ2) is 6.34. The number of halogens is 1. The molecule has 21 heavy (non-hydrogen) atoms. The SMILES string of the molecule is CC(NC(=O)NC(C)c1nncn1C)c1cccc(F)c1. The minimum absolute atomic E-state index is 0.280. The van der Waals surface area contributed by atoms with Gasteiger partial charge in [0.05, 0.1) is 12.1 Å². The topological polar surface area (TPSA) is 71.8 Å². The van der Waals surface area contributed by atoms with Crippen molar-refractivity contribution in [3.05, 3.63) is 47.8 Å². The van der Waals surface area contributed by atoms with Gasteiger partial charge in [0.15, 0.2) is 5.82 Å². The molecule has 0 aliphatic rings. The fourth-order valence-electron chi connectivity index (χ4n) is 2.04. The first-order valence-corrected chi connectivity index (χ1v) is 6.63. The van der Waals surface area contributed by atoms with E-state index in [0.717, 1.165) is 0 Å². The normalized spacial score (nSPS) is 13.5. The number of nitrogens with one attached hydrogen (secondary N) is 2. The lowest BCUT2D eigenvalue weighted by atomic mass is 10.1. The number of carbonyl (C=O) groups excluding carboxylic acids is 1. The van der Waals surface area contributed by atoms with Crippen LogP contribution in [0.3, 0.4) is 0 Å². The van der Waals surface area contributed by atoms with E-state index >= 15 is 0 Å². The summed E-state index contributed by atoms with van der Waals surface area (Å²) in [5.41, 5.74) is 0.705. The van der Waals surface area contributed by atoms with Crippen LogP contribution in [0.15, 0.2) is 30.6 Å². The Morgan fingerprint density at radius 1 is 1.29 bits per heavy atom. The molecule has 2 N–H and O–H groups in total. The summed E-state index contributed by atoms with van der Waals surface area (Å²) in [5.74, 6) is 0.331. The maximum Gasteiger partial charge on any atom is 0.315 e. The monoisotopic (exact) mass is 291 g/mol. The second-order valence-electron chi connectivity index (χ2n) is 4.92. The van der Waals surface area contributed by atoms with Crippen molar-refractivity contribution in [3.63, 3.8) is 0 Å². The van der Waals surface area contributed by atoms with Crippen LogP contribution < -0.4 is 10.6 Å². The molecule has 7 heteroatoms. The lowest BCUT2D eigenvalue weighted by Gasteiger charge is -2.18. The summed E-state index contributed by atoms with van der Waals surface area (Å²) in [4.78, 5) is 12.0. The van der Waals surface area contributed by atoms with Crippen LogP contribution in [-0.4, -0.2) is 20.8 Å². The van der Waals surface area contributed by atoms with Crippen molar-refractivity contribution in [3.8, 4) is 0 Å². The Morgan fingerprint density at radius 2 is 2.00 bits per heavy atom. The molecule has 1 aromatic carbocycles. The van der Waals surface area contributed by atoms with Gasteiger partial charge in [-0.2, -0.15) is 0 Å². The second-order valence-corrected chi connectivity index (χ2v) is 4.92. The van der Waals surface area contributed by atoms with Crippen molar-refractivity contribution in [2.24, 2.45) is 7.05 Å². The van der Waals surface area contributed by atoms with Crippen LogP contribution >= 0.6 is 0 Å². The van der Waals surface area contributed by atoms with Crippen molar-refractivity contribution >= 4 is 6.03 Å². The van der Waals surface area contributed by atoms with Gasteiger partial charge in [0.25, 0.3) is 0 Å². The Bertz CT molecular complexity index is 627. The number of amides is 2. The van der Waals surface area contributed by atoms with Crippen molar-refractivity contribution in [1.82, 2.24) is 25.4 Å². The van der Waals surface area contributed by atoms with Crippen LogP contribution in [0.25, 0.3) is 0 Å². The molecular formula is C14H18FN5O. The van der Waals surface area contributed by atoms with Gasteiger partial charge in [0.1, 0.15) is 12.1 Å². The van der Waals surface area contributed by atoms with E-state index in [0.29, 0.717) is 11.4 Å². The number of hydrogen-bond acceptors (Lipinski definition) is 3. The third kappa shape index (κ3) is 3.77. The van der Waals surface area contributed by atoms with Crippen LogP contribution in [0.1, 0.15) is 37.3 Å². The molecule has 2 rings (SSSR count). The zero-order chi connectivity index (χ0) is 15.4. The number of benzene rings is 1. The number of rotatable bonds is 4. The molecule has 0 bridgehead atoms. The predicted molar refractivity (Wildman–Crippen MR) is 75.9 cm³/mol. The molecule has 0 aliphatic heterocycles. The summed E-state index contributed by atoms with van der Waals surface area (Å²) >= 11 is 0. The van der Waals surface area contributed by atoms with E-state index in [-0.39, 0.29) is 23.9 Å². The molecule has 6 nitrogen and oxygen atoms in total. The van der Waals surface area contributed by atoms with E-state index in [9.17, 15) is 9.18 Å². The van der Waals surface area contributed by atoms with Gasteiger partial charge in [0.2, 0.25) is 0 Å². The maximum absolute atomic E-state index is 13.2. The quantitative estimate of drug-likeness (QED) is 0.906. The molecule has 2 atom stereocenters. The highest BCUT2D eigenvalue weighted by Crippen LogP contribution is 2.13. The minimum Gasteiger partial charge on any atom is -0.332 e. The molecule has 0 fully saturated rings. The number of carbonyl (C=O) groups is 1. The summed E-state index contributed by atoms with van der Waals surface area (Å²) in [6.07, 6.45) is 1.57. The van der Waals surface area contributed by atoms with Gasteiger partial charge in [-0.15, -0.1) is 10.2 Å². The first-order chi connectivity index (χ1) is 9.97. The molecule has 0 aliphatic carbocycles. The minimum atomic E-state index is -0.345. The lowest BCUT2D eigenvalue weighted by Crippen LogP contribution is -2.39. The summed E-state index contributed by atoms with van der Waals surface area (Å²) in [7, 11) is 1.81. The van der Waals surface area contributed by atoms with Gasteiger partial charge in [-0.25, -0.2) is 9.18 Å². The Morgan fingerprint density at radius 3 is 2.62 bits per heavy atom. The van der Waals surface area contributed by atoms with Gasteiger partial charge in [-0.05, 0) is 31.5 Å². The van der Waals surface area contributed by atoms with Crippen molar-refractivity contribution in [2.45, 2.75) is 25.9 Å². The van der Waals surface area contributed by atoms with E-state index in [2.05, 4.69) is 20.8 Å². The number of aromatic nitrogens is 3. The molecule has 2 aromatic rings. The van der Waals surface area contributed by atoms with Crippen LogP contribution in [0.4, 0.5) is 9.18 Å². The van der Waals surface area contributed by atoms with Crippen LogP contribution in [0, 0.1) is 5.82 Å². The summed E-state index contributed by atoms with van der Waals surface area (Å²) < 4.78 is 14.9. The van der Waals surface area contributed by atoms with E-state index in [4.69, 9.17) is 0 Å². The average Bonchev–Trinajstić information content (AvgIpc) is 2.84. The van der Waals surface area contributed by atoms with E-state index in [1.807, 2.05) is 6.92 Å². The zero-order valence-electron chi connectivity index (χ0n) is 12.2.